The molecular weight excluding hydrogens is 186 g/mol. The molecule has 6 heteroatoms. The Morgan fingerprint density at radius 1 is 1.50 bits per heavy atom. The molecule has 0 aromatic carbocycles. The molecular formula is C8H13N3O3. The van der Waals surface area contributed by atoms with Gasteiger partial charge in [-0.2, -0.15) is 0 Å². The third kappa shape index (κ3) is 3.04. The molecule has 0 bridgehead atoms. The van der Waals surface area contributed by atoms with Gasteiger partial charge in [-0.15, -0.1) is 5.10 Å². The van der Waals surface area contributed by atoms with Gasteiger partial charge >= 0.3 is 12.0 Å². The maximum atomic E-state index is 10.2. The smallest absolute Gasteiger partial charge is 0.317 e. The average Bonchev–Trinajstić information content (AvgIpc) is 2.52. The molecule has 1 rings (SSSR count). The topological polar surface area (TPSA) is 79.5 Å². The first-order valence-electron chi connectivity index (χ1n) is 4.31. The van der Waals surface area contributed by atoms with E-state index in [2.05, 4.69) is 10.2 Å². The van der Waals surface area contributed by atoms with Crippen molar-refractivity contribution in [3.63, 3.8) is 0 Å². The zero-order valence-electron chi connectivity index (χ0n) is 8.23. The van der Waals surface area contributed by atoms with Gasteiger partial charge in [-0.3, -0.25) is 4.79 Å². The SMILES string of the molecule is CN(C)c1nnc(CCCC(=O)O)o1. The molecule has 0 aliphatic heterocycles. The van der Waals surface area contributed by atoms with Crippen molar-refractivity contribution in [1.29, 1.82) is 0 Å². The standard InChI is InChI=1S/C8H13N3O3/c1-11(2)8-10-9-6(14-8)4-3-5-7(12)13/h3-5H2,1-2H3,(H,12,13). The zero-order valence-corrected chi connectivity index (χ0v) is 8.23. The van der Waals surface area contributed by atoms with Crippen LogP contribution in [0.2, 0.25) is 0 Å². The average molecular weight is 199 g/mol. The molecule has 0 radical (unpaired) electrons. The second-order valence-corrected chi connectivity index (χ2v) is 3.12. The number of hydrogen-bond donors (Lipinski definition) is 1. The number of aliphatic carboxylic acids is 1. The van der Waals surface area contributed by atoms with Gasteiger partial charge in [-0.05, 0) is 6.42 Å². The first-order valence-corrected chi connectivity index (χ1v) is 4.31. The predicted octanol–water partition coefficient (Wildman–Crippen LogP) is 0.543. The van der Waals surface area contributed by atoms with E-state index >= 15 is 0 Å². The first-order chi connectivity index (χ1) is 6.59. The molecule has 0 saturated heterocycles. The summed E-state index contributed by atoms with van der Waals surface area (Å²) >= 11 is 0. The fourth-order valence-electron chi connectivity index (χ4n) is 0.917. The lowest BCUT2D eigenvalue weighted by molar-refractivity contribution is -0.137. The van der Waals surface area contributed by atoms with E-state index < -0.39 is 5.97 Å². The molecule has 0 unspecified atom stereocenters. The number of anilines is 1. The summed E-state index contributed by atoms with van der Waals surface area (Å²) in [5.41, 5.74) is 0. The Labute approximate surface area is 81.5 Å². The van der Waals surface area contributed by atoms with Crippen LogP contribution >= 0.6 is 0 Å². The predicted molar refractivity (Wildman–Crippen MR) is 49.2 cm³/mol. The van der Waals surface area contributed by atoms with Gasteiger partial charge in [0, 0.05) is 26.9 Å². The van der Waals surface area contributed by atoms with Crippen molar-refractivity contribution in [2.75, 3.05) is 19.0 Å². The number of hydrogen-bond acceptors (Lipinski definition) is 5. The number of carboxylic acid groups (broad SMARTS) is 1. The molecule has 1 aromatic heterocycles. The molecule has 14 heavy (non-hydrogen) atoms. The highest BCUT2D eigenvalue weighted by atomic mass is 16.4. The molecule has 0 atom stereocenters. The number of aryl methyl sites for hydroxylation is 1. The minimum atomic E-state index is -0.808. The van der Waals surface area contributed by atoms with Crippen LogP contribution in [0.4, 0.5) is 6.01 Å². The van der Waals surface area contributed by atoms with Crippen molar-refractivity contribution in [3.8, 4) is 0 Å². The van der Waals surface area contributed by atoms with Crippen LogP contribution in [0.25, 0.3) is 0 Å². The van der Waals surface area contributed by atoms with E-state index in [0.717, 1.165) is 0 Å². The lowest BCUT2D eigenvalue weighted by Gasteiger charge is -2.02. The molecule has 1 N–H and O–H groups in total. The van der Waals surface area contributed by atoms with Crippen molar-refractivity contribution in [2.45, 2.75) is 19.3 Å². The van der Waals surface area contributed by atoms with E-state index in [1.807, 2.05) is 0 Å². The monoisotopic (exact) mass is 199 g/mol. The Morgan fingerprint density at radius 3 is 2.71 bits per heavy atom. The van der Waals surface area contributed by atoms with E-state index in [9.17, 15) is 4.79 Å². The van der Waals surface area contributed by atoms with Gasteiger partial charge in [-0.1, -0.05) is 5.10 Å². The Kier molecular flexibility index (Phi) is 3.44. The van der Waals surface area contributed by atoms with Crippen LogP contribution in [-0.4, -0.2) is 35.4 Å². The van der Waals surface area contributed by atoms with Gasteiger partial charge < -0.3 is 14.4 Å². The Morgan fingerprint density at radius 2 is 2.21 bits per heavy atom. The van der Waals surface area contributed by atoms with Crippen molar-refractivity contribution in [3.05, 3.63) is 5.89 Å². The number of aromatic nitrogens is 2. The minimum Gasteiger partial charge on any atom is -0.481 e. The van der Waals surface area contributed by atoms with Crippen molar-refractivity contribution < 1.29 is 14.3 Å². The maximum Gasteiger partial charge on any atom is 0.317 e. The van der Waals surface area contributed by atoms with E-state index in [-0.39, 0.29) is 6.42 Å². The Bertz CT molecular complexity index is 309. The highest BCUT2D eigenvalue weighted by Crippen LogP contribution is 2.10. The molecule has 1 aromatic rings. The van der Waals surface area contributed by atoms with Crippen molar-refractivity contribution in [2.24, 2.45) is 0 Å². The van der Waals surface area contributed by atoms with Crippen LogP contribution in [-0.2, 0) is 11.2 Å². The highest BCUT2D eigenvalue weighted by Gasteiger charge is 2.07. The Balaban J connectivity index is 2.40. The van der Waals surface area contributed by atoms with Crippen molar-refractivity contribution in [1.82, 2.24) is 10.2 Å². The third-order valence-electron chi connectivity index (χ3n) is 1.62. The summed E-state index contributed by atoms with van der Waals surface area (Å²) < 4.78 is 5.24. The van der Waals surface area contributed by atoms with Crippen molar-refractivity contribution >= 4 is 12.0 Å². The molecule has 6 nitrogen and oxygen atoms in total. The van der Waals surface area contributed by atoms with Crippen LogP contribution < -0.4 is 4.90 Å². The van der Waals surface area contributed by atoms with E-state index in [4.69, 9.17) is 9.52 Å². The van der Waals surface area contributed by atoms with Crippen LogP contribution in [0, 0.1) is 0 Å². The van der Waals surface area contributed by atoms with Crippen LogP contribution in [0.1, 0.15) is 18.7 Å². The molecule has 0 saturated carbocycles. The summed E-state index contributed by atoms with van der Waals surface area (Å²) in [6.07, 6.45) is 1.15. The summed E-state index contributed by atoms with van der Waals surface area (Å²) in [6, 6.07) is 0.440. The number of carbonyl (C=O) groups is 1. The first kappa shape index (κ1) is 10.5. The second-order valence-electron chi connectivity index (χ2n) is 3.12. The third-order valence-corrected chi connectivity index (χ3v) is 1.62. The number of carboxylic acids is 1. The van der Waals surface area contributed by atoms with Gasteiger partial charge in [-0.25, -0.2) is 0 Å². The molecule has 0 aliphatic rings. The fraction of sp³-hybridized carbons (Fsp3) is 0.625. The van der Waals surface area contributed by atoms with Crippen LogP contribution in [0.3, 0.4) is 0 Å². The molecule has 0 spiro atoms. The van der Waals surface area contributed by atoms with Crippen LogP contribution in [0.15, 0.2) is 4.42 Å². The second kappa shape index (κ2) is 4.59. The number of rotatable bonds is 5. The summed E-state index contributed by atoms with van der Waals surface area (Å²) in [5, 5.41) is 16.0. The van der Waals surface area contributed by atoms with Gasteiger partial charge in [0.05, 0.1) is 0 Å². The summed E-state index contributed by atoms with van der Waals surface area (Å²) in [6.45, 7) is 0. The van der Waals surface area contributed by atoms with Gasteiger partial charge in [0.2, 0.25) is 5.89 Å². The maximum absolute atomic E-state index is 10.2. The molecule has 78 valence electrons. The molecule has 0 fully saturated rings. The quantitative estimate of drug-likeness (QED) is 0.745. The molecule has 1 heterocycles. The summed E-state index contributed by atoms with van der Waals surface area (Å²) in [4.78, 5) is 11.9. The molecule has 0 aliphatic carbocycles. The van der Waals surface area contributed by atoms with Crippen LogP contribution in [0.5, 0.6) is 0 Å². The normalized spacial score (nSPS) is 10.1. The summed E-state index contributed by atoms with van der Waals surface area (Å²) in [7, 11) is 3.60. The van der Waals surface area contributed by atoms with E-state index in [1.54, 1.807) is 19.0 Å². The molecule has 0 amide bonds. The van der Waals surface area contributed by atoms with Gasteiger partial charge in [0.15, 0.2) is 0 Å². The fourth-order valence-corrected chi connectivity index (χ4v) is 0.917. The Hall–Kier alpha value is -1.59. The zero-order chi connectivity index (χ0) is 10.6. The lowest BCUT2D eigenvalue weighted by Crippen LogP contribution is -2.08. The highest BCUT2D eigenvalue weighted by molar-refractivity contribution is 5.66. The van der Waals surface area contributed by atoms with Gasteiger partial charge in [0.25, 0.3) is 0 Å². The number of nitrogens with zero attached hydrogens (tertiary/aromatic N) is 3. The van der Waals surface area contributed by atoms with E-state index in [1.165, 1.54) is 0 Å². The van der Waals surface area contributed by atoms with Gasteiger partial charge in [0.1, 0.15) is 0 Å². The minimum absolute atomic E-state index is 0.125. The largest absolute Gasteiger partial charge is 0.481 e. The lowest BCUT2D eigenvalue weighted by atomic mass is 10.2. The summed E-state index contributed by atoms with van der Waals surface area (Å²) in [5.74, 6) is -0.327. The van der Waals surface area contributed by atoms with E-state index in [0.29, 0.717) is 24.7 Å².